The highest BCUT2D eigenvalue weighted by Crippen LogP contribution is 2.29. The Balaban J connectivity index is 1.54. The molecule has 0 unspecified atom stereocenters. The fourth-order valence-electron chi connectivity index (χ4n) is 3.71. The van der Waals surface area contributed by atoms with Gasteiger partial charge in [0.25, 0.3) is 5.91 Å². The third-order valence-corrected chi connectivity index (χ3v) is 6.03. The van der Waals surface area contributed by atoms with Crippen molar-refractivity contribution in [2.24, 2.45) is 0 Å². The van der Waals surface area contributed by atoms with Gasteiger partial charge in [-0.25, -0.2) is 0 Å². The summed E-state index contributed by atoms with van der Waals surface area (Å²) < 4.78 is 3.34. The maximum absolute atomic E-state index is 12.8. The van der Waals surface area contributed by atoms with Gasteiger partial charge in [0.15, 0.2) is 0 Å². The molecule has 1 N–H and O–H groups in total. The van der Waals surface area contributed by atoms with Crippen molar-refractivity contribution >= 4 is 27.5 Å². The second-order valence-corrected chi connectivity index (χ2v) is 8.30. The number of fused-ring (bicyclic) bond motifs is 1. The van der Waals surface area contributed by atoms with Gasteiger partial charge >= 0.3 is 0 Å². The van der Waals surface area contributed by atoms with E-state index in [9.17, 15) is 4.79 Å². The van der Waals surface area contributed by atoms with Gasteiger partial charge in [-0.05, 0) is 50.6 Å². The van der Waals surface area contributed by atoms with Gasteiger partial charge in [0.1, 0.15) is 5.69 Å². The van der Waals surface area contributed by atoms with Crippen LogP contribution >= 0.6 is 11.3 Å². The van der Waals surface area contributed by atoms with Gasteiger partial charge in [-0.15, -0.1) is 11.3 Å². The molecular formula is C21H25N3OS. The molecule has 4 nitrogen and oxygen atoms in total. The van der Waals surface area contributed by atoms with Crippen LogP contribution in [0.15, 0.2) is 42.5 Å². The zero-order chi connectivity index (χ0) is 17.9. The van der Waals surface area contributed by atoms with Crippen molar-refractivity contribution in [3.63, 3.8) is 0 Å². The molecule has 3 heterocycles. The number of nitrogens with zero attached hydrogens (tertiary/aromatic N) is 2. The largest absolute Gasteiger partial charge is 0.349 e. The van der Waals surface area contributed by atoms with E-state index in [0.717, 1.165) is 37.4 Å². The molecule has 1 saturated heterocycles. The van der Waals surface area contributed by atoms with Crippen molar-refractivity contribution in [2.75, 3.05) is 26.2 Å². The Bertz CT molecular complexity index is 891. The first-order chi connectivity index (χ1) is 12.7. The number of hydrogen-bond donors (Lipinski definition) is 1. The second-order valence-electron chi connectivity index (χ2n) is 7.01. The molecule has 2 aromatic heterocycles. The van der Waals surface area contributed by atoms with Crippen LogP contribution in [-0.2, 0) is 6.54 Å². The van der Waals surface area contributed by atoms with Gasteiger partial charge in [0.05, 0.1) is 10.2 Å². The number of amides is 1. The molecule has 0 spiro atoms. The van der Waals surface area contributed by atoms with E-state index < -0.39 is 0 Å². The molecule has 0 aliphatic carbocycles. The molecule has 0 saturated carbocycles. The minimum atomic E-state index is 0.0289. The number of hydrogen-bond acceptors (Lipinski definition) is 3. The second kappa shape index (κ2) is 7.64. The molecule has 1 fully saturated rings. The lowest BCUT2D eigenvalue weighted by molar-refractivity contribution is 0.0941. The van der Waals surface area contributed by atoms with E-state index >= 15 is 0 Å². The number of aromatic nitrogens is 1. The van der Waals surface area contributed by atoms with E-state index in [4.69, 9.17) is 0 Å². The lowest BCUT2D eigenvalue weighted by Gasteiger charge is -2.15. The average Bonchev–Trinajstić information content (AvgIpc) is 3.34. The quantitative estimate of drug-likeness (QED) is 0.718. The van der Waals surface area contributed by atoms with Crippen LogP contribution in [0, 0.1) is 6.92 Å². The van der Waals surface area contributed by atoms with Gasteiger partial charge in [-0.1, -0.05) is 30.3 Å². The lowest BCUT2D eigenvalue weighted by atomic mass is 10.2. The highest BCUT2D eigenvalue weighted by molar-refractivity contribution is 7.19. The van der Waals surface area contributed by atoms with E-state index in [2.05, 4.69) is 39.9 Å². The van der Waals surface area contributed by atoms with E-state index in [-0.39, 0.29) is 5.91 Å². The number of thiophene rings is 1. The molecule has 5 heteroatoms. The molecule has 0 atom stereocenters. The minimum absolute atomic E-state index is 0.0289. The summed E-state index contributed by atoms with van der Waals surface area (Å²) in [7, 11) is 0. The van der Waals surface area contributed by atoms with Crippen LogP contribution in [0.2, 0.25) is 0 Å². The van der Waals surface area contributed by atoms with Crippen molar-refractivity contribution < 1.29 is 4.79 Å². The van der Waals surface area contributed by atoms with Gasteiger partial charge in [-0.3, -0.25) is 4.79 Å². The lowest BCUT2D eigenvalue weighted by Crippen LogP contribution is -2.34. The Morgan fingerprint density at radius 3 is 2.69 bits per heavy atom. The van der Waals surface area contributed by atoms with Crippen LogP contribution < -0.4 is 5.32 Å². The first-order valence-corrected chi connectivity index (χ1v) is 10.2. The number of carbonyl (C=O) groups is 1. The zero-order valence-electron chi connectivity index (χ0n) is 15.2. The van der Waals surface area contributed by atoms with E-state index in [1.807, 2.05) is 24.3 Å². The third kappa shape index (κ3) is 3.69. The minimum Gasteiger partial charge on any atom is -0.349 e. The summed E-state index contributed by atoms with van der Waals surface area (Å²) in [6.45, 7) is 6.81. The standard InChI is InChI=1S/C21H25N3OS/c1-16-13-18-20(26-16)14-19(24(18)15-17-7-3-2-4-8-17)21(25)22-9-12-23-10-5-6-11-23/h2-4,7-8,13-14H,5-6,9-12,15H2,1H3,(H,22,25). The van der Waals surface area contributed by atoms with E-state index in [0.29, 0.717) is 6.54 Å². The van der Waals surface area contributed by atoms with E-state index in [1.165, 1.54) is 28.0 Å². The van der Waals surface area contributed by atoms with Crippen LogP contribution in [-0.4, -0.2) is 41.6 Å². The Kier molecular flexibility index (Phi) is 5.09. The molecule has 1 aliphatic rings. The average molecular weight is 368 g/mol. The zero-order valence-corrected chi connectivity index (χ0v) is 16.0. The molecule has 26 heavy (non-hydrogen) atoms. The van der Waals surface area contributed by atoms with Crippen LogP contribution in [0.25, 0.3) is 10.2 Å². The smallest absolute Gasteiger partial charge is 0.268 e. The van der Waals surface area contributed by atoms with Crippen LogP contribution in [0.4, 0.5) is 0 Å². The number of rotatable bonds is 6. The summed E-state index contributed by atoms with van der Waals surface area (Å²) in [5.74, 6) is 0.0289. The Morgan fingerprint density at radius 1 is 1.15 bits per heavy atom. The fraction of sp³-hybridized carbons (Fsp3) is 0.381. The number of likely N-dealkylation sites (tertiary alicyclic amines) is 1. The van der Waals surface area contributed by atoms with Gasteiger partial charge in [-0.2, -0.15) is 0 Å². The number of nitrogens with one attached hydrogen (secondary N) is 1. The van der Waals surface area contributed by atoms with Crippen molar-refractivity contribution in [3.05, 3.63) is 58.6 Å². The molecule has 3 aromatic rings. The summed E-state index contributed by atoms with van der Waals surface area (Å²) in [4.78, 5) is 16.5. The number of aryl methyl sites for hydroxylation is 1. The maximum Gasteiger partial charge on any atom is 0.268 e. The topological polar surface area (TPSA) is 37.3 Å². The monoisotopic (exact) mass is 367 g/mol. The maximum atomic E-state index is 12.8. The van der Waals surface area contributed by atoms with Crippen LogP contribution in [0.1, 0.15) is 33.8 Å². The third-order valence-electron chi connectivity index (χ3n) is 5.04. The first-order valence-electron chi connectivity index (χ1n) is 9.35. The van der Waals surface area contributed by atoms with Gasteiger partial charge in [0, 0.05) is 24.5 Å². The molecule has 1 amide bonds. The summed E-state index contributed by atoms with van der Waals surface area (Å²) in [6, 6.07) is 14.6. The van der Waals surface area contributed by atoms with Crippen molar-refractivity contribution in [1.82, 2.24) is 14.8 Å². The predicted octanol–water partition coefficient (Wildman–Crippen LogP) is 3.89. The molecule has 4 rings (SSSR count). The van der Waals surface area contributed by atoms with Crippen LogP contribution in [0.3, 0.4) is 0 Å². The number of benzene rings is 1. The fourth-order valence-corrected chi connectivity index (χ4v) is 4.68. The molecule has 136 valence electrons. The van der Waals surface area contributed by atoms with Gasteiger partial charge in [0.2, 0.25) is 0 Å². The van der Waals surface area contributed by atoms with Gasteiger partial charge < -0.3 is 14.8 Å². The summed E-state index contributed by atoms with van der Waals surface area (Å²) in [6.07, 6.45) is 2.56. The normalized spacial score (nSPS) is 15.0. The highest BCUT2D eigenvalue weighted by atomic mass is 32.1. The molecule has 1 aromatic carbocycles. The molecular weight excluding hydrogens is 342 g/mol. The van der Waals surface area contributed by atoms with Crippen molar-refractivity contribution in [2.45, 2.75) is 26.3 Å². The summed E-state index contributed by atoms with van der Waals surface area (Å²) in [5, 5.41) is 3.12. The molecule has 0 radical (unpaired) electrons. The Hall–Kier alpha value is -2.11. The van der Waals surface area contributed by atoms with Crippen molar-refractivity contribution in [1.29, 1.82) is 0 Å². The van der Waals surface area contributed by atoms with Crippen molar-refractivity contribution in [3.8, 4) is 0 Å². The predicted molar refractivity (Wildman–Crippen MR) is 108 cm³/mol. The Labute approximate surface area is 158 Å². The van der Waals surface area contributed by atoms with Crippen LogP contribution in [0.5, 0.6) is 0 Å². The summed E-state index contributed by atoms with van der Waals surface area (Å²) in [5.41, 5.74) is 3.12. The summed E-state index contributed by atoms with van der Waals surface area (Å²) >= 11 is 1.75. The Morgan fingerprint density at radius 2 is 1.92 bits per heavy atom. The molecule has 0 bridgehead atoms. The highest BCUT2D eigenvalue weighted by Gasteiger charge is 2.18. The van der Waals surface area contributed by atoms with E-state index in [1.54, 1.807) is 11.3 Å². The first kappa shape index (κ1) is 17.3. The SMILES string of the molecule is Cc1cc2c(cc(C(=O)NCCN3CCCC3)n2Cc2ccccc2)s1. The molecule has 1 aliphatic heterocycles. The number of carbonyl (C=O) groups excluding carboxylic acids is 1.